The van der Waals surface area contributed by atoms with Gasteiger partial charge >= 0.3 is 0 Å². The molecular formula is C32H27N3OS2. The van der Waals surface area contributed by atoms with Gasteiger partial charge in [0.15, 0.2) is 0 Å². The van der Waals surface area contributed by atoms with Crippen molar-refractivity contribution < 1.29 is 4.74 Å². The van der Waals surface area contributed by atoms with E-state index in [1.54, 1.807) is 11.3 Å². The lowest BCUT2D eigenvalue weighted by atomic mass is 9.94. The first-order chi connectivity index (χ1) is 18.5. The molecule has 4 nitrogen and oxygen atoms in total. The van der Waals surface area contributed by atoms with E-state index in [0.29, 0.717) is 18.4 Å². The third-order valence-corrected chi connectivity index (χ3v) is 10.1. The van der Waals surface area contributed by atoms with Crippen LogP contribution < -0.4 is 4.74 Å². The van der Waals surface area contributed by atoms with E-state index in [1.807, 2.05) is 11.3 Å². The maximum Gasteiger partial charge on any atom is 0.145 e. The fraction of sp³-hybridized carbons (Fsp3) is 0.250. The van der Waals surface area contributed by atoms with Crippen LogP contribution in [0.15, 0.2) is 58.5 Å². The summed E-state index contributed by atoms with van der Waals surface area (Å²) >= 11 is 3.63. The molecule has 188 valence electrons. The highest BCUT2D eigenvalue weighted by molar-refractivity contribution is 7.22. The summed E-state index contributed by atoms with van der Waals surface area (Å²) in [7, 11) is 0. The van der Waals surface area contributed by atoms with E-state index in [1.165, 1.54) is 58.2 Å². The van der Waals surface area contributed by atoms with Crippen LogP contribution in [0.4, 0.5) is 0 Å². The van der Waals surface area contributed by atoms with Gasteiger partial charge in [-0.3, -0.25) is 4.99 Å². The first-order valence-electron chi connectivity index (χ1n) is 13.3. The van der Waals surface area contributed by atoms with Crippen molar-refractivity contribution in [3.05, 3.63) is 64.9 Å². The van der Waals surface area contributed by atoms with Crippen molar-refractivity contribution in [2.45, 2.75) is 40.0 Å². The van der Waals surface area contributed by atoms with Gasteiger partial charge < -0.3 is 9.72 Å². The Balaban J connectivity index is 1.27. The van der Waals surface area contributed by atoms with Gasteiger partial charge in [0.05, 0.1) is 21.4 Å². The number of thiophene rings is 2. The monoisotopic (exact) mass is 533 g/mol. The van der Waals surface area contributed by atoms with Crippen LogP contribution in [0.3, 0.4) is 0 Å². The summed E-state index contributed by atoms with van der Waals surface area (Å²) in [5.74, 6) is 2.89. The van der Waals surface area contributed by atoms with Crippen molar-refractivity contribution in [2.75, 3.05) is 6.61 Å². The predicted molar refractivity (Wildman–Crippen MR) is 163 cm³/mol. The Morgan fingerprint density at radius 2 is 1.82 bits per heavy atom. The Morgan fingerprint density at radius 3 is 2.66 bits per heavy atom. The minimum Gasteiger partial charge on any atom is -0.485 e. The number of ether oxygens (including phenoxy) is 1. The average Bonchev–Trinajstić information content (AvgIpc) is 3.70. The summed E-state index contributed by atoms with van der Waals surface area (Å²) in [6.07, 6.45) is 0.940. The zero-order chi connectivity index (χ0) is 25.7. The van der Waals surface area contributed by atoms with Crippen molar-refractivity contribution in [1.29, 1.82) is 0 Å². The van der Waals surface area contributed by atoms with Gasteiger partial charge in [-0.2, -0.15) is 0 Å². The summed E-state index contributed by atoms with van der Waals surface area (Å²) < 4.78 is 8.89. The van der Waals surface area contributed by atoms with Gasteiger partial charge in [0, 0.05) is 49.3 Å². The standard InChI is InChI=1S/C32H27N3OS2/c1-15(2)24-13-22-20-8-6-18-12-26(38-30(18)29(20)36-14-25(22)33-24)17-5-7-19-23(11-17)31-21(9-10-37-31)28-27(19)34-32(35-28)16(3)4/h5-12,15-16H,13-14H2,1-4H3,(H,34,35). The van der Waals surface area contributed by atoms with Crippen LogP contribution >= 0.6 is 22.7 Å². The minimum absolute atomic E-state index is 0.358. The smallest absolute Gasteiger partial charge is 0.145 e. The Morgan fingerprint density at radius 1 is 0.921 bits per heavy atom. The number of hydrogen-bond donors (Lipinski definition) is 1. The molecule has 0 fully saturated rings. The molecule has 6 heteroatoms. The maximum absolute atomic E-state index is 6.35. The minimum atomic E-state index is 0.358. The lowest BCUT2D eigenvalue weighted by Crippen LogP contribution is -2.08. The largest absolute Gasteiger partial charge is 0.485 e. The second-order valence-electron chi connectivity index (χ2n) is 11.0. The van der Waals surface area contributed by atoms with E-state index in [9.17, 15) is 0 Å². The molecule has 0 saturated heterocycles. The molecule has 0 bridgehead atoms. The molecule has 0 atom stereocenters. The second kappa shape index (κ2) is 8.01. The third-order valence-electron chi connectivity index (χ3n) is 7.98. The molecule has 2 aliphatic heterocycles. The highest BCUT2D eigenvalue weighted by Crippen LogP contribution is 2.48. The average molecular weight is 534 g/mol. The number of rotatable bonds is 3. The number of allylic oxidation sites excluding steroid dienone is 1. The molecule has 0 aliphatic carbocycles. The zero-order valence-electron chi connectivity index (χ0n) is 21.8. The normalized spacial score (nSPS) is 15.4. The number of imidazole rings is 1. The van der Waals surface area contributed by atoms with Crippen LogP contribution in [0.2, 0.25) is 0 Å². The van der Waals surface area contributed by atoms with Crippen molar-refractivity contribution in [2.24, 2.45) is 10.9 Å². The molecule has 38 heavy (non-hydrogen) atoms. The van der Waals surface area contributed by atoms with Gasteiger partial charge in [-0.1, -0.05) is 52.0 Å². The molecule has 6 aromatic rings. The number of hydrogen-bond acceptors (Lipinski definition) is 5. The molecule has 2 aliphatic rings. The SMILES string of the molecule is CC(C)C1=NC2=C(C1)c1ccc3cc(-c4ccc5c(c4)c4sccc4c4nc(C(C)C)[nH]c54)sc3c1OC2. The molecule has 0 spiro atoms. The zero-order valence-corrected chi connectivity index (χ0v) is 23.4. The summed E-state index contributed by atoms with van der Waals surface area (Å²) in [6.45, 7) is 9.39. The topological polar surface area (TPSA) is 50.3 Å². The van der Waals surface area contributed by atoms with Gasteiger partial charge in [-0.05, 0) is 46.0 Å². The number of aromatic amines is 1. The van der Waals surface area contributed by atoms with Gasteiger partial charge in [0.25, 0.3) is 0 Å². The summed E-state index contributed by atoms with van der Waals surface area (Å²) in [6, 6.07) is 15.9. The Bertz CT molecular complexity index is 2010. The number of fused-ring (bicyclic) bond motifs is 10. The van der Waals surface area contributed by atoms with Crippen molar-refractivity contribution >= 4 is 75.9 Å². The van der Waals surface area contributed by atoms with E-state index < -0.39 is 0 Å². The lowest BCUT2D eigenvalue weighted by molar-refractivity contribution is 0.350. The number of aliphatic imine (C=N–C) groups is 1. The van der Waals surface area contributed by atoms with Crippen LogP contribution in [-0.4, -0.2) is 22.3 Å². The number of nitrogens with zero attached hydrogens (tertiary/aromatic N) is 2. The molecule has 0 unspecified atom stereocenters. The Kier molecular flexibility index (Phi) is 4.74. The van der Waals surface area contributed by atoms with E-state index in [-0.39, 0.29) is 0 Å². The van der Waals surface area contributed by atoms with Gasteiger partial charge in [-0.15, -0.1) is 22.7 Å². The first-order valence-corrected chi connectivity index (χ1v) is 15.0. The van der Waals surface area contributed by atoms with E-state index >= 15 is 0 Å². The highest BCUT2D eigenvalue weighted by atomic mass is 32.1. The van der Waals surface area contributed by atoms with Crippen LogP contribution in [0.25, 0.3) is 58.0 Å². The van der Waals surface area contributed by atoms with E-state index in [0.717, 1.165) is 34.7 Å². The Labute approximate surface area is 228 Å². The number of benzene rings is 3. The molecule has 3 aromatic carbocycles. The molecule has 1 N–H and O–H groups in total. The number of nitrogens with one attached hydrogen (secondary N) is 1. The molecule has 0 amide bonds. The van der Waals surface area contributed by atoms with Crippen LogP contribution in [0.1, 0.15) is 51.4 Å². The Hall–Kier alpha value is -3.48. The van der Waals surface area contributed by atoms with Crippen molar-refractivity contribution in [3.8, 4) is 16.2 Å². The second-order valence-corrected chi connectivity index (χ2v) is 13.0. The maximum atomic E-state index is 6.35. The van der Waals surface area contributed by atoms with Gasteiger partial charge in [0.1, 0.15) is 18.2 Å². The van der Waals surface area contributed by atoms with E-state index in [4.69, 9.17) is 14.7 Å². The third kappa shape index (κ3) is 3.13. The lowest BCUT2D eigenvalue weighted by Gasteiger charge is -2.19. The molecule has 0 radical (unpaired) electrons. The molecule has 5 heterocycles. The molecule has 8 rings (SSSR count). The first kappa shape index (κ1) is 22.5. The number of aromatic nitrogens is 2. The van der Waals surface area contributed by atoms with Crippen LogP contribution in [0, 0.1) is 5.92 Å². The van der Waals surface area contributed by atoms with Crippen molar-refractivity contribution in [1.82, 2.24) is 9.97 Å². The summed E-state index contributed by atoms with van der Waals surface area (Å²) in [4.78, 5) is 14.8. The van der Waals surface area contributed by atoms with Crippen LogP contribution in [-0.2, 0) is 0 Å². The molecular weight excluding hydrogens is 507 g/mol. The van der Waals surface area contributed by atoms with Crippen molar-refractivity contribution in [3.63, 3.8) is 0 Å². The quantitative estimate of drug-likeness (QED) is 0.246. The predicted octanol–water partition coefficient (Wildman–Crippen LogP) is 9.54. The van der Waals surface area contributed by atoms with Crippen LogP contribution in [0.5, 0.6) is 5.75 Å². The van der Waals surface area contributed by atoms with E-state index in [2.05, 4.69) is 80.5 Å². The fourth-order valence-electron chi connectivity index (χ4n) is 5.87. The molecule has 3 aromatic heterocycles. The highest BCUT2D eigenvalue weighted by Gasteiger charge is 2.29. The summed E-state index contributed by atoms with van der Waals surface area (Å²) in [5.41, 5.74) is 8.41. The number of H-pyrrole nitrogens is 1. The van der Waals surface area contributed by atoms with Gasteiger partial charge in [0.2, 0.25) is 0 Å². The summed E-state index contributed by atoms with van der Waals surface area (Å²) in [5, 5.41) is 7.18. The fourth-order valence-corrected chi connectivity index (χ4v) is 7.96. The van der Waals surface area contributed by atoms with Gasteiger partial charge in [-0.25, -0.2) is 4.98 Å². The molecule has 0 saturated carbocycles.